The Hall–Kier alpha value is -1.04. The average Bonchev–Trinajstić information content (AvgIpc) is 2.33. The largest absolute Gasteiger partial charge is 0.416 e. The highest BCUT2D eigenvalue weighted by Crippen LogP contribution is 2.32. The van der Waals surface area contributed by atoms with Gasteiger partial charge in [0.15, 0.2) is 0 Å². The lowest BCUT2D eigenvalue weighted by molar-refractivity contribution is -0.137. The third-order valence-electron chi connectivity index (χ3n) is 3.59. The monoisotopic (exact) mass is 365 g/mol. The summed E-state index contributed by atoms with van der Waals surface area (Å²) in [5.74, 6) is -0.310. The van der Waals surface area contributed by atoms with Crippen LogP contribution in [0, 0.1) is 11.3 Å². The van der Waals surface area contributed by atoms with Gasteiger partial charge in [-0.15, -0.1) is 0 Å². The van der Waals surface area contributed by atoms with Crippen molar-refractivity contribution < 1.29 is 18.0 Å². The molecule has 1 amide bonds. The van der Waals surface area contributed by atoms with Gasteiger partial charge in [0, 0.05) is 11.0 Å². The Labute approximate surface area is 131 Å². The molecule has 0 aliphatic carbocycles. The average molecular weight is 366 g/mol. The molecule has 1 unspecified atom stereocenters. The van der Waals surface area contributed by atoms with Gasteiger partial charge in [-0.25, -0.2) is 0 Å². The standard InChI is InChI=1S/C15H19BrF3NO/c1-9(14(2,3)4)8-20-13(21)11-7-10(15(17,18)19)5-6-12(11)16/h5-7,9H,8H2,1-4H3,(H,20,21). The van der Waals surface area contributed by atoms with Crippen molar-refractivity contribution in [3.05, 3.63) is 33.8 Å². The Balaban J connectivity index is 2.88. The highest BCUT2D eigenvalue weighted by molar-refractivity contribution is 9.10. The lowest BCUT2D eigenvalue weighted by Gasteiger charge is -2.27. The molecule has 1 rings (SSSR count). The van der Waals surface area contributed by atoms with Crippen LogP contribution in [0.15, 0.2) is 22.7 Å². The molecule has 1 atom stereocenters. The minimum Gasteiger partial charge on any atom is -0.352 e. The van der Waals surface area contributed by atoms with Crippen LogP contribution in [0.2, 0.25) is 0 Å². The quantitative estimate of drug-likeness (QED) is 0.812. The van der Waals surface area contributed by atoms with E-state index in [9.17, 15) is 18.0 Å². The summed E-state index contributed by atoms with van der Waals surface area (Å²) in [5.41, 5.74) is -0.830. The SMILES string of the molecule is CC(CNC(=O)c1cc(C(F)(F)F)ccc1Br)C(C)(C)C. The second-order valence-corrected chi connectivity index (χ2v) is 7.02. The molecule has 0 radical (unpaired) electrons. The number of rotatable bonds is 3. The zero-order valence-corrected chi connectivity index (χ0v) is 14.0. The number of hydrogen-bond acceptors (Lipinski definition) is 1. The first-order chi connectivity index (χ1) is 9.43. The summed E-state index contributed by atoms with van der Waals surface area (Å²) in [5, 5.41) is 2.69. The van der Waals surface area contributed by atoms with Crippen LogP contribution in [0.3, 0.4) is 0 Å². The highest BCUT2D eigenvalue weighted by atomic mass is 79.9. The number of hydrogen-bond donors (Lipinski definition) is 1. The molecule has 0 aliphatic heterocycles. The Morgan fingerprint density at radius 1 is 1.29 bits per heavy atom. The fourth-order valence-corrected chi connectivity index (χ4v) is 1.95. The third kappa shape index (κ3) is 5.02. The smallest absolute Gasteiger partial charge is 0.352 e. The van der Waals surface area contributed by atoms with E-state index in [-0.39, 0.29) is 16.9 Å². The topological polar surface area (TPSA) is 29.1 Å². The van der Waals surface area contributed by atoms with Gasteiger partial charge in [-0.05, 0) is 45.5 Å². The van der Waals surface area contributed by atoms with Crippen molar-refractivity contribution in [2.24, 2.45) is 11.3 Å². The van der Waals surface area contributed by atoms with Crippen LogP contribution in [0.4, 0.5) is 13.2 Å². The maximum Gasteiger partial charge on any atom is 0.416 e. The Morgan fingerprint density at radius 2 is 1.86 bits per heavy atom. The number of carbonyl (C=O) groups excluding carboxylic acids is 1. The van der Waals surface area contributed by atoms with Crippen molar-refractivity contribution in [3.8, 4) is 0 Å². The van der Waals surface area contributed by atoms with Crippen LogP contribution < -0.4 is 5.32 Å². The van der Waals surface area contributed by atoms with Crippen molar-refractivity contribution in [3.63, 3.8) is 0 Å². The van der Waals surface area contributed by atoms with Gasteiger partial charge < -0.3 is 5.32 Å². The molecule has 6 heteroatoms. The molecule has 21 heavy (non-hydrogen) atoms. The van der Waals surface area contributed by atoms with E-state index in [1.807, 2.05) is 27.7 Å². The number of nitrogens with one attached hydrogen (secondary N) is 1. The zero-order valence-electron chi connectivity index (χ0n) is 12.4. The van der Waals surface area contributed by atoms with Gasteiger partial charge in [0.2, 0.25) is 0 Å². The maximum absolute atomic E-state index is 12.7. The molecule has 0 spiro atoms. The van der Waals surface area contributed by atoms with Gasteiger partial charge in [-0.3, -0.25) is 4.79 Å². The van der Waals surface area contributed by atoms with E-state index in [4.69, 9.17) is 0 Å². The molecule has 1 aromatic carbocycles. The molecule has 2 nitrogen and oxygen atoms in total. The van der Waals surface area contributed by atoms with Gasteiger partial charge in [-0.2, -0.15) is 13.2 Å². The van der Waals surface area contributed by atoms with Crippen LogP contribution in [0.5, 0.6) is 0 Å². The minimum atomic E-state index is -4.46. The fourth-order valence-electron chi connectivity index (χ4n) is 1.52. The number of carbonyl (C=O) groups is 1. The van der Waals surface area contributed by atoms with Crippen molar-refractivity contribution in [2.45, 2.75) is 33.9 Å². The zero-order chi connectivity index (χ0) is 16.4. The Bertz CT molecular complexity index is 521. The van der Waals surface area contributed by atoms with E-state index >= 15 is 0 Å². The summed E-state index contributed by atoms with van der Waals surface area (Å²) in [6, 6.07) is 3.05. The third-order valence-corrected chi connectivity index (χ3v) is 4.28. The first kappa shape index (κ1) is 18.0. The first-order valence-corrected chi connectivity index (χ1v) is 7.37. The first-order valence-electron chi connectivity index (χ1n) is 6.58. The molecule has 0 saturated heterocycles. The van der Waals surface area contributed by atoms with E-state index in [2.05, 4.69) is 21.2 Å². The van der Waals surface area contributed by atoms with Crippen molar-refractivity contribution >= 4 is 21.8 Å². The molecule has 0 heterocycles. The van der Waals surface area contributed by atoms with Gasteiger partial charge in [0.05, 0.1) is 11.1 Å². The van der Waals surface area contributed by atoms with E-state index in [0.717, 1.165) is 12.1 Å². The lowest BCUT2D eigenvalue weighted by Crippen LogP contribution is -2.34. The van der Waals surface area contributed by atoms with E-state index < -0.39 is 17.6 Å². The van der Waals surface area contributed by atoms with Crippen molar-refractivity contribution in [1.82, 2.24) is 5.32 Å². The molecule has 0 aromatic heterocycles. The van der Waals surface area contributed by atoms with Crippen molar-refractivity contribution in [1.29, 1.82) is 0 Å². The van der Waals surface area contributed by atoms with Crippen LogP contribution in [0.1, 0.15) is 43.6 Å². The normalized spacial score (nSPS) is 13.9. The van der Waals surface area contributed by atoms with Crippen LogP contribution in [-0.4, -0.2) is 12.5 Å². The second kappa shape index (κ2) is 6.38. The van der Waals surface area contributed by atoms with E-state index in [1.54, 1.807) is 0 Å². The number of alkyl halides is 3. The predicted molar refractivity (Wildman–Crippen MR) is 80.1 cm³/mol. The van der Waals surface area contributed by atoms with E-state index in [1.165, 1.54) is 6.07 Å². The minimum absolute atomic E-state index is 0.00839. The predicted octanol–water partition coefficient (Wildman–Crippen LogP) is 4.88. The van der Waals surface area contributed by atoms with Crippen LogP contribution in [-0.2, 0) is 6.18 Å². The van der Waals surface area contributed by atoms with Crippen LogP contribution >= 0.6 is 15.9 Å². The number of benzene rings is 1. The number of amides is 1. The second-order valence-electron chi connectivity index (χ2n) is 6.17. The van der Waals surface area contributed by atoms with Crippen molar-refractivity contribution in [2.75, 3.05) is 6.54 Å². The fraction of sp³-hybridized carbons (Fsp3) is 0.533. The summed E-state index contributed by atoms with van der Waals surface area (Å²) >= 11 is 3.12. The molecule has 118 valence electrons. The summed E-state index contributed by atoms with van der Waals surface area (Å²) in [6.07, 6.45) is -4.46. The summed E-state index contributed by atoms with van der Waals surface area (Å²) < 4.78 is 38.4. The molecule has 0 fully saturated rings. The molecule has 0 aliphatic rings. The summed E-state index contributed by atoms with van der Waals surface area (Å²) in [7, 11) is 0. The molecule has 1 aromatic rings. The summed E-state index contributed by atoms with van der Waals surface area (Å²) in [6.45, 7) is 8.53. The van der Waals surface area contributed by atoms with Gasteiger partial charge in [0.25, 0.3) is 5.91 Å². The van der Waals surface area contributed by atoms with Crippen LogP contribution in [0.25, 0.3) is 0 Å². The van der Waals surface area contributed by atoms with Gasteiger partial charge >= 0.3 is 6.18 Å². The molecule has 0 saturated carbocycles. The summed E-state index contributed by atoms with van der Waals surface area (Å²) in [4.78, 5) is 12.1. The lowest BCUT2D eigenvalue weighted by atomic mass is 9.82. The maximum atomic E-state index is 12.7. The number of halogens is 4. The molecular formula is C15H19BrF3NO. The molecule has 1 N–H and O–H groups in total. The molecule has 0 bridgehead atoms. The highest BCUT2D eigenvalue weighted by Gasteiger charge is 2.31. The Morgan fingerprint density at radius 3 is 2.33 bits per heavy atom. The molecular weight excluding hydrogens is 347 g/mol. The Kier molecular flexibility index (Phi) is 5.47. The van der Waals surface area contributed by atoms with Gasteiger partial charge in [-0.1, -0.05) is 27.7 Å². The van der Waals surface area contributed by atoms with E-state index in [0.29, 0.717) is 11.0 Å². The van der Waals surface area contributed by atoms with Gasteiger partial charge in [0.1, 0.15) is 0 Å².